The summed E-state index contributed by atoms with van der Waals surface area (Å²) < 4.78 is 13.4. The van der Waals surface area contributed by atoms with Crippen LogP contribution >= 0.6 is 31.9 Å². The fourth-order valence-corrected chi connectivity index (χ4v) is 2.02. The number of ketones is 1. The van der Waals surface area contributed by atoms with Crippen molar-refractivity contribution in [2.24, 2.45) is 0 Å². The quantitative estimate of drug-likeness (QED) is 0.760. The normalized spacial score (nSPS) is 14.7. The Balaban J connectivity index is 2.96. The van der Waals surface area contributed by atoms with Gasteiger partial charge >= 0.3 is 0 Å². The molecule has 2 unspecified atom stereocenters. The third-order valence-electron chi connectivity index (χ3n) is 2.30. The van der Waals surface area contributed by atoms with Gasteiger partial charge in [0, 0.05) is 5.92 Å². The number of alkyl halides is 1. The Kier molecular flexibility index (Phi) is 4.46. The van der Waals surface area contributed by atoms with Crippen molar-refractivity contribution < 1.29 is 9.18 Å². The minimum Gasteiger partial charge on any atom is -0.299 e. The van der Waals surface area contributed by atoms with Crippen LogP contribution in [0.4, 0.5) is 4.39 Å². The number of rotatable bonds is 3. The van der Waals surface area contributed by atoms with Crippen molar-refractivity contribution in [1.82, 2.24) is 0 Å². The van der Waals surface area contributed by atoms with E-state index in [1.54, 1.807) is 12.1 Å². The number of carbonyl (C=O) groups excluding carboxylic acids is 1. The lowest BCUT2D eigenvalue weighted by Gasteiger charge is -2.16. The fourth-order valence-electron chi connectivity index (χ4n) is 1.32. The van der Waals surface area contributed by atoms with Crippen molar-refractivity contribution in [3.63, 3.8) is 0 Å². The molecule has 1 nitrogen and oxygen atoms in total. The summed E-state index contributed by atoms with van der Waals surface area (Å²) in [5.74, 6) is -0.192. The van der Waals surface area contributed by atoms with Crippen molar-refractivity contribution in [1.29, 1.82) is 0 Å². The van der Waals surface area contributed by atoms with E-state index in [1.807, 2.05) is 6.92 Å². The maximum absolute atomic E-state index is 13.0. The van der Waals surface area contributed by atoms with E-state index < -0.39 is 0 Å². The van der Waals surface area contributed by atoms with Crippen molar-refractivity contribution in [3.8, 4) is 0 Å². The molecule has 82 valence electrons. The summed E-state index contributed by atoms with van der Waals surface area (Å²) in [4.78, 5) is 11.0. The van der Waals surface area contributed by atoms with Gasteiger partial charge in [0.1, 0.15) is 11.6 Å². The van der Waals surface area contributed by atoms with E-state index in [0.717, 1.165) is 5.56 Å². The van der Waals surface area contributed by atoms with Crippen molar-refractivity contribution in [3.05, 3.63) is 34.1 Å². The molecule has 0 radical (unpaired) electrons. The van der Waals surface area contributed by atoms with Crippen molar-refractivity contribution >= 4 is 37.6 Å². The SMILES string of the molecule is CC(=O)C(Br)C(C)c1ccc(F)c(Br)c1. The zero-order valence-electron chi connectivity index (χ0n) is 8.43. The van der Waals surface area contributed by atoms with Crippen LogP contribution < -0.4 is 0 Å². The Morgan fingerprint density at radius 2 is 2.07 bits per heavy atom. The number of hydrogen-bond donors (Lipinski definition) is 0. The number of hydrogen-bond acceptors (Lipinski definition) is 1. The number of Topliss-reactive ketones (excluding diaryl/α,β-unsaturated/α-hetero) is 1. The largest absolute Gasteiger partial charge is 0.299 e. The Morgan fingerprint density at radius 1 is 1.47 bits per heavy atom. The highest BCUT2D eigenvalue weighted by Gasteiger charge is 2.20. The molecule has 1 aromatic rings. The highest BCUT2D eigenvalue weighted by atomic mass is 79.9. The number of halogens is 3. The predicted octanol–water partition coefficient (Wildman–Crippen LogP) is 4.04. The van der Waals surface area contributed by atoms with Crippen LogP contribution in [0, 0.1) is 5.82 Å². The molecule has 0 saturated heterocycles. The van der Waals surface area contributed by atoms with Crippen LogP contribution in [0.3, 0.4) is 0 Å². The molecular formula is C11H11Br2FO. The molecule has 1 aromatic carbocycles. The minimum absolute atomic E-state index is 0.0272. The zero-order chi connectivity index (χ0) is 11.6. The summed E-state index contributed by atoms with van der Waals surface area (Å²) in [6.45, 7) is 3.47. The van der Waals surface area contributed by atoms with Crippen molar-refractivity contribution in [2.75, 3.05) is 0 Å². The average Bonchev–Trinajstić information content (AvgIpc) is 2.19. The Hall–Kier alpha value is -0.220. The monoisotopic (exact) mass is 336 g/mol. The lowest BCUT2D eigenvalue weighted by atomic mass is 9.96. The van der Waals surface area contributed by atoms with E-state index in [1.165, 1.54) is 13.0 Å². The average molecular weight is 338 g/mol. The summed E-state index contributed by atoms with van der Waals surface area (Å²) in [5, 5.41) is 0. The van der Waals surface area contributed by atoms with Gasteiger partial charge in [-0.1, -0.05) is 28.9 Å². The molecule has 2 atom stereocenters. The van der Waals surface area contributed by atoms with Gasteiger partial charge in [0.15, 0.2) is 0 Å². The molecule has 0 aliphatic rings. The van der Waals surface area contributed by atoms with Gasteiger partial charge in [-0.15, -0.1) is 0 Å². The smallest absolute Gasteiger partial charge is 0.144 e. The van der Waals surface area contributed by atoms with Crippen LogP contribution in [0.25, 0.3) is 0 Å². The van der Waals surface area contributed by atoms with Crippen LogP contribution in [0.15, 0.2) is 22.7 Å². The van der Waals surface area contributed by atoms with Crippen LogP contribution in [-0.2, 0) is 4.79 Å². The van der Waals surface area contributed by atoms with E-state index in [-0.39, 0.29) is 22.3 Å². The van der Waals surface area contributed by atoms with Gasteiger partial charge in [0.2, 0.25) is 0 Å². The van der Waals surface area contributed by atoms with Crippen LogP contribution in [-0.4, -0.2) is 10.6 Å². The van der Waals surface area contributed by atoms with Gasteiger partial charge in [-0.05, 0) is 40.5 Å². The van der Waals surface area contributed by atoms with E-state index in [0.29, 0.717) is 4.47 Å². The maximum Gasteiger partial charge on any atom is 0.144 e. The van der Waals surface area contributed by atoms with E-state index in [9.17, 15) is 9.18 Å². The van der Waals surface area contributed by atoms with Crippen molar-refractivity contribution in [2.45, 2.75) is 24.6 Å². The first-order chi connectivity index (χ1) is 6.93. The third kappa shape index (κ3) is 3.11. The van der Waals surface area contributed by atoms with Crippen LogP contribution in [0.1, 0.15) is 25.3 Å². The lowest BCUT2D eigenvalue weighted by Crippen LogP contribution is -2.17. The zero-order valence-corrected chi connectivity index (χ0v) is 11.6. The Labute approximate surface area is 105 Å². The molecule has 0 N–H and O–H groups in total. The Morgan fingerprint density at radius 3 is 2.53 bits per heavy atom. The molecule has 0 heterocycles. The molecule has 0 spiro atoms. The lowest BCUT2D eigenvalue weighted by molar-refractivity contribution is -0.116. The molecular weight excluding hydrogens is 327 g/mol. The summed E-state index contributed by atoms with van der Waals surface area (Å²) >= 11 is 6.45. The summed E-state index contributed by atoms with van der Waals surface area (Å²) in [5.41, 5.74) is 0.931. The summed E-state index contributed by atoms with van der Waals surface area (Å²) in [7, 11) is 0. The Bertz CT molecular complexity index is 379. The first-order valence-corrected chi connectivity index (χ1v) is 6.24. The predicted molar refractivity (Wildman–Crippen MR) is 65.9 cm³/mol. The highest BCUT2D eigenvalue weighted by molar-refractivity contribution is 9.10. The molecule has 0 aliphatic carbocycles. The van der Waals surface area contributed by atoms with Gasteiger partial charge in [-0.2, -0.15) is 0 Å². The maximum atomic E-state index is 13.0. The van der Waals surface area contributed by atoms with Gasteiger partial charge < -0.3 is 0 Å². The fraction of sp³-hybridized carbons (Fsp3) is 0.364. The highest BCUT2D eigenvalue weighted by Crippen LogP contribution is 2.28. The first kappa shape index (κ1) is 12.8. The van der Waals surface area contributed by atoms with Gasteiger partial charge in [-0.3, -0.25) is 4.79 Å². The first-order valence-electron chi connectivity index (χ1n) is 4.53. The molecule has 0 aromatic heterocycles. The molecule has 0 aliphatic heterocycles. The van der Waals surface area contributed by atoms with Gasteiger partial charge in [0.05, 0.1) is 9.30 Å². The summed E-state index contributed by atoms with van der Waals surface area (Å²) in [6, 6.07) is 4.80. The molecule has 0 amide bonds. The second-order valence-electron chi connectivity index (χ2n) is 3.47. The number of carbonyl (C=O) groups is 1. The van der Waals surface area contributed by atoms with E-state index in [4.69, 9.17) is 0 Å². The molecule has 15 heavy (non-hydrogen) atoms. The topological polar surface area (TPSA) is 17.1 Å². The third-order valence-corrected chi connectivity index (χ3v) is 4.34. The summed E-state index contributed by atoms with van der Waals surface area (Å²) in [6.07, 6.45) is 0. The van der Waals surface area contributed by atoms with Gasteiger partial charge in [-0.25, -0.2) is 4.39 Å². The van der Waals surface area contributed by atoms with E-state index >= 15 is 0 Å². The molecule has 0 saturated carbocycles. The molecule has 1 rings (SSSR count). The standard InChI is InChI=1S/C11H11Br2FO/c1-6(11(13)7(2)15)8-3-4-10(14)9(12)5-8/h3-6,11H,1-2H3. The second kappa shape index (κ2) is 5.21. The second-order valence-corrected chi connectivity index (χ2v) is 5.32. The van der Waals surface area contributed by atoms with Gasteiger partial charge in [0.25, 0.3) is 0 Å². The van der Waals surface area contributed by atoms with Crippen LogP contribution in [0.5, 0.6) is 0 Å². The molecule has 0 bridgehead atoms. The van der Waals surface area contributed by atoms with Crippen LogP contribution in [0.2, 0.25) is 0 Å². The number of benzene rings is 1. The minimum atomic E-state index is -0.292. The molecule has 4 heteroatoms. The van der Waals surface area contributed by atoms with E-state index in [2.05, 4.69) is 31.9 Å². The molecule has 0 fully saturated rings.